The molecule has 0 atom stereocenters. The molecule has 0 radical (unpaired) electrons. The summed E-state index contributed by atoms with van der Waals surface area (Å²) < 4.78 is 0. The van der Waals surface area contributed by atoms with Gasteiger partial charge in [0.15, 0.2) is 0 Å². The summed E-state index contributed by atoms with van der Waals surface area (Å²) in [5.74, 6) is -0.671. The fraction of sp³-hybridized carbons (Fsp3) is 0.941. The second kappa shape index (κ2) is 17.8. The Balaban J connectivity index is 2.99. The van der Waals surface area contributed by atoms with Crippen molar-refractivity contribution in [1.82, 2.24) is 0 Å². The highest BCUT2D eigenvalue weighted by Crippen LogP contribution is 2.13. The Kier molecular flexibility index (Phi) is 16.8. The molecule has 0 heterocycles. The molecule has 0 fully saturated rings. The molecule has 0 aliphatic carbocycles. The zero-order valence-electron chi connectivity index (χ0n) is 14.0. The summed E-state index contributed by atoms with van der Waals surface area (Å²) in [6, 6.07) is 0. The lowest BCUT2D eigenvalue weighted by molar-refractivity contribution is -0.137. The Morgan fingerprint density at radius 1 is 0.727 bits per heavy atom. The van der Waals surface area contributed by atoms with Crippen LogP contribution in [0.4, 0.5) is 0 Å². The van der Waals surface area contributed by atoms with Crippen molar-refractivity contribution in [3.8, 4) is 0 Å². The number of unbranched alkanes of at least 4 members (excludes halogenated alkanes) is 13. The molecule has 22 heavy (non-hydrogen) atoms. The summed E-state index contributed by atoms with van der Waals surface area (Å²) in [7, 11) is 0. The van der Waals surface area contributed by atoms with E-state index >= 15 is 0 Å². The van der Waals surface area contributed by atoms with Crippen LogP contribution in [0.5, 0.6) is 0 Å². The number of hydrogen-bond donors (Lipinski definition) is 1. The molecule has 0 aromatic carbocycles. The average molecular weight is 311 g/mol. The van der Waals surface area contributed by atoms with Gasteiger partial charge in [0.2, 0.25) is 0 Å². The number of carboxylic acids is 1. The van der Waals surface area contributed by atoms with Crippen LogP contribution in [0.3, 0.4) is 0 Å². The molecule has 0 spiro atoms. The van der Waals surface area contributed by atoms with Crippen molar-refractivity contribution in [1.29, 1.82) is 0 Å². The molecule has 0 rings (SSSR count). The lowest BCUT2D eigenvalue weighted by Crippen LogP contribution is -1.93. The van der Waals surface area contributed by atoms with E-state index in [-0.39, 0.29) is 0 Å². The van der Waals surface area contributed by atoms with Crippen molar-refractivity contribution in [3.05, 3.63) is 10.4 Å². The molecule has 1 N–H and O–H groups in total. The summed E-state index contributed by atoms with van der Waals surface area (Å²) in [5, 5.41) is 12.1. The fourth-order valence-electron chi connectivity index (χ4n) is 2.62. The van der Waals surface area contributed by atoms with E-state index in [1.54, 1.807) is 0 Å². The minimum atomic E-state index is -0.671. The standard InChI is InChI=1S/C17H33N3O2/c18-20-19-16-14-12-10-8-6-4-2-1-3-5-7-9-11-13-15-17(21)22/h1-16H2,(H,21,22). The number of carboxylic acid groups (broad SMARTS) is 1. The average Bonchev–Trinajstić information content (AvgIpc) is 2.50. The topological polar surface area (TPSA) is 86.1 Å². The van der Waals surface area contributed by atoms with E-state index in [1.807, 2.05) is 0 Å². The largest absolute Gasteiger partial charge is 0.481 e. The van der Waals surface area contributed by atoms with Gasteiger partial charge in [0.1, 0.15) is 0 Å². The zero-order valence-corrected chi connectivity index (χ0v) is 14.0. The predicted molar refractivity (Wildman–Crippen MR) is 90.9 cm³/mol. The molecule has 0 aliphatic heterocycles. The van der Waals surface area contributed by atoms with Crippen LogP contribution < -0.4 is 0 Å². The predicted octanol–water partition coefficient (Wildman–Crippen LogP) is 6.23. The molecule has 0 amide bonds. The van der Waals surface area contributed by atoms with Gasteiger partial charge >= 0.3 is 5.97 Å². The van der Waals surface area contributed by atoms with E-state index in [0.29, 0.717) is 13.0 Å². The first-order chi connectivity index (χ1) is 10.8. The van der Waals surface area contributed by atoms with Gasteiger partial charge in [-0.25, -0.2) is 0 Å². The molecule has 5 heteroatoms. The zero-order chi connectivity index (χ0) is 16.3. The Bertz CT molecular complexity index is 286. The van der Waals surface area contributed by atoms with Gasteiger partial charge in [-0.1, -0.05) is 82.2 Å². The van der Waals surface area contributed by atoms with E-state index in [9.17, 15) is 4.79 Å². The molecule has 0 aromatic rings. The Morgan fingerprint density at radius 2 is 1.09 bits per heavy atom. The van der Waals surface area contributed by atoms with Crippen LogP contribution in [-0.2, 0) is 4.79 Å². The monoisotopic (exact) mass is 311 g/mol. The Labute approximate surface area is 135 Å². The van der Waals surface area contributed by atoms with Crippen molar-refractivity contribution in [2.24, 2.45) is 5.11 Å². The third kappa shape index (κ3) is 18.8. The summed E-state index contributed by atoms with van der Waals surface area (Å²) in [6.45, 7) is 0.646. The minimum Gasteiger partial charge on any atom is -0.481 e. The SMILES string of the molecule is [N-]=[N+]=NCCCCCCCCCCCCCCCCC(=O)O. The van der Waals surface area contributed by atoms with Crippen molar-refractivity contribution < 1.29 is 9.90 Å². The maximum absolute atomic E-state index is 10.3. The maximum Gasteiger partial charge on any atom is 0.303 e. The van der Waals surface area contributed by atoms with E-state index in [1.165, 1.54) is 70.6 Å². The normalized spacial score (nSPS) is 10.4. The van der Waals surface area contributed by atoms with Crippen molar-refractivity contribution in [2.45, 2.75) is 96.3 Å². The molecule has 0 bridgehead atoms. The fourth-order valence-corrected chi connectivity index (χ4v) is 2.62. The first-order valence-electron chi connectivity index (χ1n) is 9.00. The van der Waals surface area contributed by atoms with Gasteiger partial charge in [0.05, 0.1) is 0 Å². The first-order valence-corrected chi connectivity index (χ1v) is 9.00. The summed E-state index contributed by atoms with van der Waals surface area (Å²) >= 11 is 0. The van der Waals surface area contributed by atoms with E-state index in [2.05, 4.69) is 10.0 Å². The van der Waals surface area contributed by atoms with Crippen LogP contribution in [0.2, 0.25) is 0 Å². The number of carbonyl (C=O) groups is 1. The summed E-state index contributed by atoms with van der Waals surface area (Å²) in [6.07, 6.45) is 17.4. The van der Waals surface area contributed by atoms with Gasteiger partial charge in [-0.3, -0.25) is 4.79 Å². The molecular weight excluding hydrogens is 278 g/mol. The number of hydrogen-bond acceptors (Lipinski definition) is 2. The highest BCUT2D eigenvalue weighted by atomic mass is 16.4. The smallest absolute Gasteiger partial charge is 0.303 e. The lowest BCUT2D eigenvalue weighted by Gasteiger charge is -2.03. The quantitative estimate of drug-likeness (QED) is 0.149. The lowest BCUT2D eigenvalue weighted by atomic mass is 10.0. The number of nitrogens with zero attached hydrogens (tertiary/aromatic N) is 3. The van der Waals surface area contributed by atoms with Gasteiger partial charge in [-0.05, 0) is 18.4 Å². The van der Waals surface area contributed by atoms with E-state index in [4.69, 9.17) is 10.6 Å². The van der Waals surface area contributed by atoms with Crippen molar-refractivity contribution in [3.63, 3.8) is 0 Å². The first kappa shape index (κ1) is 20.8. The number of azide groups is 1. The van der Waals surface area contributed by atoms with Crippen molar-refractivity contribution >= 4 is 5.97 Å². The highest BCUT2D eigenvalue weighted by Gasteiger charge is 1.97. The van der Waals surface area contributed by atoms with E-state index < -0.39 is 5.97 Å². The van der Waals surface area contributed by atoms with Crippen LogP contribution in [0.15, 0.2) is 5.11 Å². The molecular formula is C17H33N3O2. The van der Waals surface area contributed by atoms with Gasteiger partial charge in [0.25, 0.3) is 0 Å². The van der Waals surface area contributed by atoms with Crippen LogP contribution in [0, 0.1) is 0 Å². The molecule has 0 aliphatic rings. The van der Waals surface area contributed by atoms with Crippen LogP contribution >= 0.6 is 0 Å². The van der Waals surface area contributed by atoms with Gasteiger partial charge in [-0.2, -0.15) is 0 Å². The second-order valence-electron chi connectivity index (χ2n) is 6.05. The Hall–Kier alpha value is -1.22. The third-order valence-electron chi connectivity index (χ3n) is 3.96. The van der Waals surface area contributed by atoms with Crippen LogP contribution in [0.25, 0.3) is 10.4 Å². The molecule has 0 saturated heterocycles. The third-order valence-corrected chi connectivity index (χ3v) is 3.96. The van der Waals surface area contributed by atoms with E-state index in [0.717, 1.165) is 19.3 Å². The number of aliphatic carboxylic acids is 1. The van der Waals surface area contributed by atoms with Crippen LogP contribution in [-0.4, -0.2) is 17.6 Å². The summed E-state index contributed by atoms with van der Waals surface area (Å²) in [4.78, 5) is 13.1. The van der Waals surface area contributed by atoms with Gasteiger partial charge in [-0.15, -0.1) is 0 Å². The molecule has 5 nitrogen and oxygen atoms in total. The van der Waals surface area contributed by atoms with Crippen LogP contribution in [0.1, 0.15) is 96.3 Å². The van der Waals surface area contributed by atoms with Gasteiger partial charge in [0, 0.05) is 17.9 Å². The minimum absolute atomic E-state index is 0.325. The van der Waals surface area contributed by atoms with Gasteiger partial charge < -0.3 is 5.11 Å². The highest BCUT2D eigenvalue weighted by molar-refractivity contribution is 5.66. The second-order valence-corrected chi connectivity index (χ2v) is 6.05. The molecule has 0 saturated carbocycles. The maximum atomic E-state index is 10.3. The molecule has 0 aromatic heterocycles. The molecule has 0 unspecified atom stereocenters. The summed E-state index contributed by atoms with van der Waals surface area (Å²) in [5.41, 5.74) is 8.14. The number of rotatable bonds is 17. The van der Waals surface area contributed by atoms with Crippen molar-refractivity contribution in [2.75, 3.05) is 6.54 Å². The Morgan fingerprint density at radius 3 is 1.45 bits per heavy atom. The molecule has 128 valence electrons.